The number of nitrogens with one attached hydrogen (secondary N) is 1. The van der Waals surface area contributed by atoms with Crippen molar-refractivity contribution < 1.29 is 14.6 Å². The topological polar surface area (TPSA) is 125 Å². The van der Waals surface area contributed by atoms with Crippen molar-refractivity contribution in [3.8, 4) is 11.5 Å². The van der Waals surface area contributed by atoms with E-state index in [2.05, 4.69) is 15.5 Å². The highest BCUT2D eigenvalue weighted by Crippen LogP contribution is 2.18. The van der Waals surface area contributed by atoms with E-state index < -0.39 is 17.4 Å². The number of anilines is 1. The molecule has 11 nitrogen and oxygen atoms in total. The van der Waals surface area contributed by atoms with E-state index in [1.165, 1.54) is 23.2 Å². The summed E-state index contributed by atoms with van der Waals surface area (Å²) < 4.78 is 14.7. The summed E-state index contributed by atoms with van der Waals surface area (Å²) in [5, 5.41) is 15.0. The number of rotatable bonds is 9. The predicted octanol–water partition coefficient (Wildman–Crippen LogP) is 1.64. The van der Waals surface area contributed by atoms with Gasteiger partial charge in [0.05, 0.1) is 19.9 Å². The van der Waals surface area contributed by atoms with Gasteiger partial charge in [0.25, 0.3) is 5.56 Å². The third-order valence-corrected chi connectivity index (χ3v) is 5.65. The molecule has 0 radical (unpaired) electrons. The molecule has 2 N–H and O–H groups in total. The van der Waals surface area contributed by atoms with Gasteiger partial charge in [-0.2, -0.15) is 10.1 Å². The average molecular weight is 493 g/mol. The third-order valence-electron chi connectivity index (χ3n) is 5.65. The number of methoxy groups -OCH3 is 1. The number of aromatic nitrogens is 4. The van der Waals surface area contributed by atoms with Crippen LogP contribution in [0.2, 0.25) is 0 Å². The SMILES string of the molecule is COc1cccc(C=NNc2nc3c(c(=O)n(C)c(=O)n3C)n2CC(O)COc2cccc(C)c2)c1. The van der Waals surface area contributed by atoms with Crippen LogP contribution in [0.4, 0.5) is 5.95 Å². The van der Waals surface area contributed by atoms with Crippen LogP contribution in [-0.2, 0) is 20.6 Å². The molecular formula is C25H28N6O5. The van der Waals surface area contributed by atoms with Crippen molar-refractivity contribution in [1.29, 1.82) is 0 Å². The van der Waals surface area contributed by atoms with Crippen LogP contribution in [-0.4, -0.2) is 49.8 Å². The number of ether oxygens (including phenoxy) is 2. The van der Waals surface area contributed by atoms with Crippen LogP contribution in [0.3, 0.4) is 0 Å². The Morgan fingerprint density at radius 3 is 2.61 bits per heavy atom. The van der Waals surface area contributed by atoms with Gasteiger partial charge < -0.3 is 19.1 Å². The quantitative estimate of drug-likeness (QED) is 0.269. The Morgan fingerprint density at radius 2 is 1.86 bits per heavy atom. The molecule has 1 atom stereocenters. The van der Waals surface area contributed by atoms with E-state index in [-0.39, 0.29) is 30.3 Å². The lowest BCUT2D eigenvalue weighted by molar-refractivity contribution is 0.0938. The van der Waals surface area contributed by atoms with Gasteiger partial charge in [-0.1, -0.05) is 24.3 Å². The van der Waals surface area contributed by atoms with Crippen molar-refractivity contribution in [2.75, 3.05) is 19.1 Å². The second-order valence-electron chi connectivity index (χ2n) is 8.35. The maximum Gasteiger partial charge on any atom is 0.332 e. The highest BCUT2D eigenvalue weighted by Gasteiger charge is 2.21. The molecule has 2 aromatic carbocycles. The number of aryl methyl sites for hydroxylation is 2. The van der Waals surface area contributed by atoms with E-state index in [0.29, 0.717) is 11.5 Å². The number of hydrogen-bond acceptors (Lipinski definition) is 8. The summed E-state index contributed by atoms with van der Waals surface area (Å²) in [7, 11) is 4.50. The Bertz CT molecular complexity index is 1530. The van der Waals surface area contributed by atoms with Crippen LogP contribution in [0.5, 0.6) is 11.5 Å². The lowest BCUT2D eigenvalue weighted by Gasteiger charge is -2.15. The number of aliphatic hydroxyl groups is 1. The highest BCUT2D eigenvalue weighted by atomic mass is 16.5. The van der Waals surface area contributed by atoms with Crippen LogP contribution in [0.25, 0.3) is 11.2 Å². The molecule has 1 unspecified atom stereocenters. The van der Waals surface area contributed by atoms with Crippen molar-refractivity contribution in [2.45, 2.75) is 19.6 Å². The summed E-state index contributed by atoms with van der Waals surface area (Å²) in [5.74, 6) is 1.50. The first-order chi connectivity index (χ1) is 17.3. The second-order valence-corrected chi connectivity index (χ2v) is 8.35. The van der Waals surface area contributed by atoms with E-state index in [1.54, 1.807) is 25.5 Å². The minimum Gasteiger partial charge on any atom is -0.497 e. The maximum atomic E-state index is 13.0. The van der Waals surface area contributed by atoms with Crippen molar-refractivity contribution in [3.63, 3.8) is 0 Å². The lowest BCUT2D eigenvalue weighted by atomic mass is 10.2. The molecule has 4 aromatic rings. The molecule has 0 aliphatic carbocycles. The van der Waals surface area contributed by atoms with Gasteiger partial charge in [-0.3, -0.25) is 13.9 Å². The smallest absolute Gasteiger partial charge is 0.332 e. The van der Waals surface area contributed by atoms with Gasteiger partial charge in [0.1, 0.15) is 24.2 Å². The molecule has 188 valence electrons. The molecule has 11 heteroatoms. The highest BCUT2D eigenvalue weighted by molar-refractivity contribution is 5.81. The zero-order chi connectivity index (χ0) is 25.8. The number of benzene rings is 2. The van der Waals surface area contributed by atoms with E-state index in [1.807, 2.05) is 43.3 Å². The second kappa shape index (κ2) is 10.5. The molecule has 4 rings (SSSR count). The molecular weight excluding hydrogens is 464 g/mol. The standard InChI is InChI=1S/C25H28N6O5/c1-16-7-5-10-20(11-16)36-15-18(32)14-31-21-22(29(2)25(34)30(3)23(21)33)27-24(31)28-26-13-17-8-6-9-19(12-17)35-4/h5-13,18,32H,14-15H2,1-4H3,(H,27,28). The molecule has 0 spiro atoms. The van der Waals surface area contributed by atoms with Crippen molar-refractivity contribution in [2.24, 2.45) is 19.2 Å². The molecule has 0 aliphatic rings. The molecule has 0 fully saturated rings. The lowest BCUT2D eigenvalue weighted by Crippen LogP contribution is -2.38. The Labute approximate surface area is 206 Å². The van der Waals surface area contributed by atoms with Crippen molar-refractivity contribution in [1.82, 2.24) is 18.7 Å². The van der Waals surface area contributed by atoms with E-state index in [4.69, 9.17) is 9.47 Å². The number of fused-ring (bicyclic) bond motifs is 1. The zero-order valence-electron chi connectivity index (χ0n) is 20.5. The van der Waals surface area contributed by atoms with Gasteiger partial charge in [-0.25, -0.2) is 10.2 Å². The summed E-state index contributed by atoms with van der Waals surface area (Å²) in [6.45, 7) is 1.92. The molecule has 0 bridgehead atoms. The summed E-state index contributed by atoms with van der Waals surface area (Å²) in [6.07, 6.45) is 0.591. The molecule has 2 heterocycles. The van der Waals surface area contributed by atoms with Crippen LogP contribution in [0.1, 0.15) is 11.1 Å². The summed E-state index contributed by atoms with van der Waals surface area (Å²) in [6, 6.07) is 14.8. The summed E-state index contributed by atoms with van der Waals surface area (Å²) in [4.78, 5) is 29.9. The van der Waals surface area contributed by atoms with E-state index in [0.717, 1.165) is 15.7 Å². The molecule has 0 aliphatic heterocycles. The van der Waals surface area contributed by atoms with E-state index in [9.17, 15) is 14.7 Å². The Kier molecular flexibility index (Phi) is 7.20. The molecule has 0 amide bonds. The normalized spacial score (nSPS) is 12.2. The van der Waals surface area contributed by atoms with Gasteiger partial charge in [0.15, 0.2) is 11.2 Å². The van der Waals surface area contributed by atoms with Crippen LogP contribution < -0.4 is 26.1 Å². The average Bonchev–Trinajstić information content (AvgIpc) is 3.23. The number of imidazole rings is 1. The predicted molar refractivity (Wildman–Crippen MR) is 137 cm³/mol. The van der Waals surface area contributed by atoms with Crippen molar-refractivity contribution >= 4 is 23.3 Å². The minimum absolute atomic E-state index is 0.0122. The fourth-order valence-electron chi connectivity index (χ4n) is 3.76. The van der Waals surface area contributed by atoms with Gasteiger partial charge in [0.2, 0.25) is 5.95 Å². The van der Waals surface area contributed by atoms with Gasteiger partial charge >= 0.3 is 5.69 Å². The van der Waals surface area contributed by atoms with Gasteiger partial charge in [0, 0.05) is 14.1 Å². The maximum absolute atomic E-state index is 13.0. The first-order valence-electron chi connectivity index (χ1n) is 11.3. The van der Waals surface area contributed by atoms with E-state index >= 15 is 0 Å². The molecule has 0 saturated carbocycles. The zero-order valence-corrected chi connectivity index (χ0v) is 20.5. The fourth-order valence-corrected chi connectivity index (χ4v) is 3.76. The van der Waals surface area contributed by atoms with Gasteiger partial charge in [-0.05, 0) is 42.3 Å². The first kappa shape index (κ1) is 24.7. The monoisotopic (exact) mass is 492 g/mol. The van der Waals surface area contributed by atoms with Crippen molar-refractivity contribution in [3.05, 3.63) is 80.5 Å². The minimum atomic E-state index is -0.979. The number of hydrogen-bond donors (Lipinski definition) is 2. The molecule has 36 heavy (non-hydrogen) atoms. The number of aliphatic hydroxyl groups excluding tert-OH is 1. The van der Waals surface area contributed by atoms with Crippen LogP contribution >= 0.6 is 0 Å². The first-order valence-corrected chi connectivity index (χ1v) is 11.3. The molecule has 2 aromatic heterocycles. The number of hydrazone groups is 1. The Balaban J connectivity index is 1.65. The fraction of sp³-hybridized carbons (Fsp3) is 0.280. The molecule has 0 saturated heterocycles. The van der Waals surface area contributed by atoms with Crippen LogP contribution in [0, 0.1) is 6.92 Å². The van der Waals surface area contributed by atoms with Gasteiger partial charge in [-0.15, -0.1) is 0 Å². The van der Waals surface area contributed by atoms with Crippen LogP contribution in [0.15, 0.2) is 63.2 Å². The summed E-state index contributed by atoms with van der Waals surface area (Å²) in [5.41, 5.74) is 3.94. The summed E-state index contributed by atoms with van der Waals surface area (Å²) >= 11 is 0. The largest absolute Gasteiger partial charge is 0.497 e. The number of nitrogens with zero attached hydrogens (tertiary/aromatic N) is 5. The Hall–Kier alpha value is -4.38. The Morgan fingerprint density at radius 1 is 1.11 bits per heavy atom. The third kappa shape index (κ3) is 5.15.